The molecule has 2 aromatic heterocycles. The van der Waals surface area contributed by atoms with E-state index in [-0.39, 0.29) is 24.0 Å². The molecule has 0 radical (unpaired) electrons. The van der Waals surface area contributed by atoms with E-state index in [0.29, 0.717) is 6.54 Å². The van der Waals surface area contributed by atoms with Gasteiger partial charge in [-0.3, -0.25) is 4.99 Å². The van der Waals surface area contributed by atoms with Gasteiger partial charge in [0, 0.05) is 50.8 Å². The van der Waals surface area contributed by atoms with E-state index in [1.807, 2.05) is 18.5 Å². The van der Waals surface area contributed by atoms with Crippen molar-refractivity contribution in [1.82, 2.24) is 24.8 Å². The highest BCUT2D eigenvalue weighted by molar-refractivity contribution is 14.0. The van der Waals surface area contributed by atoms with E-state index < -0.39 is 0 Å². The van der Waals surface area contributed by atoms with Crippen molar-refractivity contribution in [2.75, 3.05) is 13.6 Å². The Kier molecular flexibility index (Phi) is 8.52. The SMILES string of the molecule is CN=C(NCCCn1ccc2ccccc21)NCc1nccn1Cc1ccccc1.I. The number of aryl methyl sites for hydroxylation is 1. The summed E-state index contributed by atoms with van der Waals surface area (Å²) in [6.07, 6.45) is 7.03. The van der Waals surface area contributed by atoms with E-state index in [1.54, 1.807) is 7.05 Å². The van der Waals surface area contributed by atoms with Crippen LogP contribution in [0.25, 0.3) is 10.9 Å². The fourth-order valence-electron chi connectivity index (χ4n) is 3.61. The highest BCUT2D eigenvalue weighted by Crippen LogP contribution is 2.15. The summed E-state index contributed by atoms with van der Waals surface area (Å²) in [6, 6.07) is 21.1. The lowest BCUT2D eigenvalue weighted by Crippen LogP contribution is -2.38. The fraction of sp³-hybridized carbons (Fsp3) is 0.250. The summed E-state index contributed by atoms with van der Waals surface area (Å²) in [6.45, 7) is 3.26. The minimum atomic E-state index is 0. The van der Waals surface area contributed by atoms with Gasteiger partial charge in [0.15, 0.2) is 5.96 Å². The molecule has 7 heteroatoms. The predicted molar refractivity (Wildman–Crippen MR) is 138 cm³/mol. The number of halogens is 1. The van der Waals surface area contributed by atoms with Crippen LogP contribution in [-0.2, 0) is 19.6 Å². The van der Waals surface area contributed by atoms with Crippen molar-refractivity contribution < 1.29 is 0 Å². The smallest absolute Gasteiger partial charge is 0.191 e. The highest BCUT2D eigenvalue weighted by Gasteiger charge is 2.05. The highest BCUT2D eigenvalue weighted by atomic mass is 127. The van der Waals surface area contributed by atoms with Crippen LogP contribution in [0.1, 0.15) is 17.8 Å². The topological polar surface area (TPSA) is 59.2 Å². The summed E-state index contributed by atoms with van der Waals surface area (Å²) < 4.78 is 4.46. The van der Waals surface area contributed by atoms with Gasteiger partial charge in [0.05, 0.1) is 6.54 Å². The third kappa shape index (κ3) is 6.10. The van der Waals surface area contributed by atoms with Gasteiger partial charge in [-0.15, -0.1) is 24.0 Å². The van der Waals surface area contributed by atoms with Crippen LogP contribution in [0.4, 0.5) is 0 Å². The number of nitrogens with one attached hydrogen (secondary N) is 2. The zero-order chi connectivity index (χ0) is 20.6. The Hall–Kier alpha value is -2.81. The zero-order valence-corrected chi connectivity index (χ0v) is 20.1. The van der Waals surface area contributed by atoms with Crippen LogP contribution in [0.5, 0.6) is 0 Å². The van der Waals surface area contributed by atoms with E-state index in [2.05, 4.69) is 90.5 Å². The summed E-state index contributed by atoms with van der Waals surface area (Å²) in [5, 5.41) is 8.06. The fourth-order valence-corrected chi connectivity index (χ4v) is 3.61. The molecule has 4 rings (SSSR count). The quantitative estimate of drug-likeness (QED) is 0.156. The summed E-state index contributed by atoms with van der Waals surface area (Å²) >= 11 is 0. The van der Waals surface area contributed by atoms with Crippen molar-refractivity contribution >= 4 is 40.8 Å². The van der Waals surface area contributed by atoms with Crippen LogP contribution < -0.4 is 10.6 Å². The molecule has 6 nitrogen and oxygen atoms in total. The number of hydrogen-bond acceptors (Lipinski definition) is 2. The van der Waals surface area contributed by atoms with Crippen LogP contribution in [0.2, 0.25) is 0 Å². The Bertz CT molecular complexity index is 1100. The second-order valence-electron chi connectivity index (χ2n) is 7.23. The van der Waals surface area contributed by atoms with Crippen LogP contribution in [0.15, 0.2) is 84.2 Å². The Morgan fingerprint density at radius 1 is 0.935 bits per heavy atom. The van der Waals surface area contributed by atoms with Gasteiger partial charge < -0.3 is 19.8 Å². The second-order valence-corrected chi connectivity index (χ2v) is 7.23. The van der Waals surface area contributed by atoms with Crippen molar-refractivity contribution in [2.45, 2.75) is 26.1 Å². The normalized spacial score (nSPS) is 11.3. The average Bonchev–Trinajstić information content (AvgIpc) is 3.41. The Balaban J connectivity index is 0.00000272. The van der Waals surface area contributed by atoms with Crippen LogP contribution >= 0.6 is 24.0 Å². The van der Waals surface area contributed by atoms with Gasteiger partial charge in [-0.2, -0.15) is 0 Å². The number of rotatable bonds is 8. The first-order valence-corrected chi connectivity index (χ1v) is 10.4. The Labute approximate surface area is 200 Å². The summed E-state index contributed by atoms with van der Waals surface area (Å²) in [7, 11) is 1.80. The van der Waals surface area contributed by atoms with Crippen molar-refractivity contribution in [3.8, 4) is 0 Å². The number of aromatic nitrogens is 3. The predicted octanol–water partition coefficient (Wildman–Crippen LogP) is 4.26. The number of benzene rings is 2. The van der Waals surface area contributed by atoms with E-state index in [9.17, 15) is 0 Å². The van der Waals surface area contributed by atoms with E-state index in [1.165, 1.54) is 16.5 Å². The molecule has 0 aliphatic heterocycles. The van der Waals surface area contributed by atoms with E-state index >= 15 is 0 Å². The molecule has 0 spiro atoms. The lowest BCUT2D eigenvalue weighted by atomic mass is 10.2. The van der Waals surface area contributed by atoms with Gasteiger partial charge >= 0.3 is 0 Å². The standard InChI is InChI=1S/C24H28N6.HI/c1-25-24(27-13-7-15-29-16-12-21-10-5-6-11-22(21)29)28-18-23-26-14-17-30(23)19-20-8-3-2-4-9-20;/h2-6,8-12,14,16-17H,7,13,15,18-19H2,1H3,(H2,25,27,28);1H. The second kappa shape index (κ2) is 11.5. The molecule has 0 aliphatic rings. The molecule has 2 heterocycles. The third-order valence-corrected chi connectivity index (χ3v) is 5.18. The van der Waals surface area contributed by atoms with E-state index in [4.69, 9.17) is 0 Å². The van der Waals surface area contributed by atoms with Crippen molar-refractivity contribution in [3.05, 3.63) is 90.6 Å². The van der Waals surface area contributed by atoms with Crippen molar-refractivity contribution in [1.29, 1.82) is 0 Å². The molecule has 0 unspecified atom stereocenters. The molecule has 0 amide bonds. The molecule has 31 heavy (non-hydrogen) atoms. The van der Waals surface area contributed by atoms with Crippen molar-refractivity contribution in [2.24, 2.45) is 4.99 Å². The monoisotopic (exact) mass is 528 g/mol. The molecule has 0 bridgehead atoms. The molecule has 0 saturated heterocycles. The molecular weight excluding hydrogens is 499 g/mol. The zero-order valence-electron chi connectivity index (χ0n) is 17.7. The molecule has 162 valence electrons. The summed E-state index contributed by atoms with van der Waals surface area (Å²) in [5.41, 5.74) is 2.54. The number of hydrogen-bond donors (Lipinski definition) is 2. The third-order valence-electron chi connectivity index (χ3n) is 5.18. The van der Waals surface area contributed by atoms with Gasteiger partial charge in [-0.05, 0) is 29.5 Å². The van der Waals surface area contributed by atoms with Gasteiger partial charge in [0.2, 0.25) is 0 Å². The van der Waals surface area contributed by atoms with Gasteiger partial charge in [0.1, 0.15) is 5.82 Å². The number of aliphatic imine (C=N–C) groups is 1. The maximum Gasteiger partial charge on any atom is 0.191 e. The molecule has 0 saturated carbocycles. The van der Waals surface area contributed by atoms with Gasteiger partial charge in [-0.1, -0.05) is 48.5 Å². The number of guanidine groups is 1. The summed E-state index contributed by atoms with van der Waals surface area (Å²) in [4.78, 5) is 8.83. The first kappa shape index (κ1) is 22.9. The molecular formula is C24H29IN6. The maximum atomic E-state index is 4.49. The number of para-hydroxylation sites is 1. The number of fused-ring (bicyclic) bond motifs is 1. The largest absolute Gasteiger partial charge is 0.356 e. The van der Waals surface area contributed by atoms with Crippen LogP contribution in [0, 0.1) is 0 Å². The first-order chi connectivity index (χ1) is 14.8. The van der Waals surface area contributed by atoms with E-state index in [0.717, 1.165) is 37.8 Å². The Morgan fingerprint density at radius 2 is 1.74 bits per heavy atom. The number of nitrogens with zero attached hydrogens (tertiary/aromatic N) is 4. The molecule has 0 aliphatic carbocycles. The van der Waals surface area contributed by atoms with Crippen LogP contribution in [-0.4, -0.2) is 33.7 Å². The van der Waals surface area contributed by atoms with Crippen LogP contribution in [0.3, 0.4) is 0 Å². The lowest BCUT2D eigenvalue weighted by Gasteiger charge is -2.13. The Morgan fingerprint density at radius 3 is 2.58 bits per heavy atom. The van der Waals surface area contributed by atoms with Gasteiger partial charge in [0.25, 0.3) is 0 Å². The molecule has 0 atom stereocenters. The lowest BCUT2D eigenvalue weighted by molar-refractivity contribution is 0.635. The molecule has 2 aromatic carbocycles. The molecule has 0 fully saturated rings. The first-order valence-electron chi connectivity index (χ1n) is 10.4. The minimum Gasteiger partial charge on any atom is -0.356 e. The molecule has 2 N–H and O–H groups in total. The summed E-state index contributed by atoms with van der Waals surface area (Å²) in [5.74, 6) is 1.78. The average molecular weight is 528 g/mol. The molecule has 4 aromatic rings. The number of imidazole rings is 1. The maximum absolute atomic E-state index is 4.49. The van der Waals surface area contributed by atoms with Gasteiger partial charge in [-0.25, -0.2) is 4.98 Å². The van der Waals surface area contributed by atoms with Crippen molar-refractivity contribution in [3.63, 3.8) is 0 Å². The minimum absolute atomic E-state index is 0.